The van der Waals surface area contributed by atoms with E-state index in [-0.39, 0.29) is 0 Å². The summed E-state index contributed by atoms with van der Waals surface area (Å²) in [7, 11) is 0. The zero-order chi connectivity index (χ0) is 13.0. The SMILES string of the molecule is Clc1cccc(Sc2ccc(CCI)c(Cl)c2)c1. The summed E-state index contributed by atoms with van der Waals surface area (Å²) in [6, 6.07) is 14.1. The predicted octanol–water partition coefficient (Wildman–Crippen LogP) is 6.12. The zero-order valence-electron chi connectivity index (χ0n) is 9.50. The van der Waals surface area contributed by atoms with Crippen LogP contribution in [-0.4, -0.2) is 4.43 Å². The van der Waals surface area contributed by atoms with Crippen LogP contribution in [0.25, 0.3) is 0 Å². The van der Waals surface area contributed by atoms with Crippen molar-refractivity contribution < 1.29 is 0 Å². The second-order valence-corrected chi connectivity index (χ2v) is 6.82. The monoisotopic (exact) mass is 408 g/mol. The molecule has 4 heteroatoms. The van der Waals surface area contributed by atoms with E-state index >= 15 is 0 Å². The molecule has 0 unspecified atom stereocenters. The highest BCUT2D eigenvalue weighted by Crippen LogP contribution is 2.32. The van der Waals surface area contributed by atoms with Crippen molar-refractivity contribution in [1.29, 1.82) is 0 Å². The van der Waals surface area contributed by atoms with E-state index in [1.165, 1.54) is 5.56 Å². The minimum Gasteiger partial charge on any atom is -0.0900 e. The molecule has 2 aromatic rings. The molecule has 2 rings (SSSR count). The number of rotatable bonds is 4. The van der Waals surface area contributed by atoms with Crippen LogP contribution >= 0.6 is 57.6 Å². The van der Waals surface area contributed by atoms with E-state index in [1.54, 1.807) is 11.8 Å². The fourth-order valence-corrected chi connectivity index (χ4v) is 3.66. The molecular weight excluding hydrogens is 398 g/mol. The van der Waals surface area contributed by atoms with Crippen LogP contribution in [0.1, 0.15) is 5.56 Å². The molecule has 0 spiro atoms. The molecule has 0 bridgehead atoms. The van der Waals surface area contributed by atoms with Gasteiger partial charge in [-0.2, -0.15) is 0 Å². The van der Waals surface area contributed by atoms with E-state index in [1.807, 2.05) is 30.3 Å². The van der Waals surface area contributed by atoms with Crippen LogP contribution in [-0.2, 0) is 6.42 Å². The Morgan fingerprint density at radius 1 is 1.00 bits per heavy atom. The van der Waals surface area contributed by atoms with Crippen molar-refractivity contribution in [3.63, 3.8) is 0 Å². The predicted molar refractivity (Wildman–Crippen MR) is 89.6 cm³/mol. The number of alkyl halides is 1. The number of benzene rings is 2. The van der Waals surface area contributed by atoms with E-state index in [2.05, 4.69) is 34.7 Å². The number of halogens is 3. The lowest BCUT2D eigenvalue weighted by Gasteiger charge is -2.06. The van der Waals surface area contributed by atoms with Crippen molar-refractivity contribution in [1.82, 2.24) is 0 Å². The van der Waals surface area contributed by atoms with Gasteiger partial charge in [0, 0.05) is 24.3 Å². The molecular formula is C14H11Cl2IS. The summed E-state index contributed by atoms with van der Waals surface area (Å²) in [6.45, 7) is 0. The average Bonchev–Trinajstić information content (AvgIpc) is 2.33. The summed E-state index contributed by atoms with van der Waals surface area (Å²) in [5, 5.41) is 1.60. The Morgan fingerprint density at radius 3 is 2.44 bits per heavy atom. The third-order valence-corrected chi connectivity index (χ3v) is 4.53. The Bertz CT molecular complexity index is 543. The van der Waals surface area contributed by atoms with Gasteiger partial charge >= 0.3 is 0 Å². The van der Waals surface area contributed by atoms with Gasteiger partial charge in [-0.1, -0.05) is 69.7 Å². The Hall–Kier alpha value is 0.1000. The van der Waals surface area contributed by atoms with Gasteiger partial charge in [0.2, 0.25) is 0 Å². The minimum atomic E-state index is 0.757. The van der Waals surface area contributed by atoms with Crippen molar-refractivity contribution in [2.75, 3.05) is 4.43 Å². The molecule has 2 aromatic carbocycles. The Morgan fingerprint density at radius 2 is 1.78 bits per heavy atom. The first kappa shape index (κ1) is 14.5. The molecule has 0 radical (unpaired) electrons. The molecule has 0 aliphatic rings. The standard InChI is InChI=1S/C14H11Cl2IS/c15-11-2-1-3-12(8-11)18-13-5-4-10(6-7-17)14(16)9-13/h1-5,8-9H,6-7H2. The first-order valence-corrected chi connectivity index (χ1v) is 8.56. The molecule has 0 aliphatic carbocycles. The first-order chi connectivity index (χ1) is 8.69. The lowest BCUT2D eigenvalue weighted by atomic mass is 10.2. The molecule has 0 aromatic heterocycles. The van der Waals surface area contributed by atoms with E-state index in [0.29, 0.717) is 0 Å². The van der Waals surface area contributed by atoms with Gasteiger partial charge < -0.3 is 0 Å². The van der Waals surface area contributed by atoms with Crippen molar-refractivity contribution in [3.8, 4) is 0 Å². The Balaban J connectivity index is 2.17. The van der Waals surface area contributed by atoms with Gasteiger partial charge in [-0.3, -0.25) is 0 Å². The van der Waals surface area contributed by atoms with Crippen LogP contribution in [0.4, 0.5) is 0 Å². The summed E-state index contributed by atoms with van der Waals surface area (Å²) in [4.78, 5) is 2.26. The lowest BCUT2D eigenvalue weighted by molar-refractivity contribution is 1.17. The fraction of sp³-hybridized carbons (Fsp3) is 0.143. The molecule has 18 heavy (non-hydrogen) atoms. The Kier molecular flexibility index (Phi) is 5.67. The molecule has 0 nitrogen and oxygen atoms in total. The van der Waals surface area contributed by atoms with Crippen molar-refractivity contribution >= 4 is 57.6 Å². The molecule has 94 valence electrons. The number of hydrogen-bond acceptors (Lipinski definition) is 1. The fourth-order valence-electron chi connectivity index (χ4n) is 1.56. The molecule has 0 heterocycles. The van der Waals surface area contributed by atoms with Gasteiger partial charge in [0.25, 0.3) is 0 Å². The maximum atomic E-state index is 6.26. The van der Waals surface area contributed by atoms with E-state index in [0.717, 1.165) is 30.7 Å². The molecule has 0 atom stereocenters. The maximum absolute atomic E-state index is 6.26. The largest absolute Gasteiger partial charge is 0.0900 e. The van der Waals surface area contributed by atoms with Gasteiger partial charge in [0.05, 0.1) is 0 Å². The normalized spacial score (nSPS) is 10.6. The van der Waals surface area contributed by atoms with Crippen LogP contribution in [0.3, 0.4) is 0 Å². The van der Waals surface area contributed by atoms with Gasteiger partial charge in [-0.15, -0.1) is 0 Å². The van der Waals surface area contributed by atoms with Crippen LogP contribution in [0.2, 0.25) is 10.0 Å². The highest BCUT2D eigenvalue weighted by molar-refractivity contribution is 14.1. The molecule has 0 saturated carbocycles. The topological polar surface area (TPSA) is 0 Å². The molecule has 0 aliphatic heterocycles. The van der Waals surface area contributed by atoms with Crippen LogP contribution in [0, 0.1) is 0 Å². The molecule has 0 N–H and O–H groups in total. The summed E-state index contributed by atoms with van der Waals surface area (Å²) in [5.74, 6) is 0. The molecule has 0 amide bonds. The van der Waals surface area contributed by atoms with Gasteiger partial charge in [0.15, 0.2) is 0 Å². The van der Waals surface area contributed by atoms with Gasteiger partial charge in [0.1, 0.15) is 0 Å². The minimum absolute atomic E-state index is 0.757. The van der Waals surface area contributed by atoms with Crippen LogP contribution in [0.15, 0.2) is 52.3 Å². The summed E-state index contributed by atoms with van der Waals surface area (Å²) in [6.07, 6.45) is 1.02. The second-order valence-electron chi connectivity index (χ2n) is 3.75. The number of hydrogen-bond donors (Lipinski definition) is 0. The maximum Gasteiger partial charge on any atom is 0.0449 e. The van der Waals surface area contributed by atoms with Crippen LogP contribution < -0.4 is 0 Å². The Labute approximate surface area is 135 Å². The highest BCUT2D eigenvalue weighted by atomic mass is 127. The number of aryl methyl sites for hydroxylation is 1. The van der Waals surface area contributed by atoms with Gasteiger partial charge in [-0.25, -0.2) is 0 Å². The van der Waals surface area contributed by atoms with Crippen LogP contribution in [0.5, 0.6) is 0 Å². The smallest absolute Gasteiger partial charge is 0.0449 e. The third kappa shape index (κ3) is 4.05. The summed E-state index contributed by atoms with van der Waals surface area (Å²) >= 11 is 16.3. The van der Waals surface area contributed by atoms with Crippen molar-refractivity contribution in [3.05, 3.63) is 58.1 Å². The second kappa shape index (κ2) is 7.04. The van der Waals surface area contributed by atoms with E-state index < -0.39 is 0 Å². The van der Waals surface area contributed by atoms with Crippen molar-refractivity contribution in [2.45, 2.75) is 16.2 Å². The lowest BCUT2D eigenvalue weighted by Crippen LogP contribution is -1.87. The zero-order valence-corrected chi connectivity index (χ0v) is 14.0. The van der Waals surface area contributed by atoms with E-state index in [4.69, 9.17) is 23.2 Å². The van der Waals surface area contributed by atoms with Crippen molar-refractivity contribution in [2.24, 2.45) is 0 Å². The summed E-state index contributed by atoms with van der Waals surface area (Å²) < 4.78 is 1.08. The molecule has 0 saturated heterocycles. The van der Waals surface area contributed by atoms with Gasteiger partial charge in [-0.05, 0) is 42.3 Å². The summed E-state index contributed by atoms with van der Waals surface area (Å²) in [5.41, 5.74) is 1.21. The first-order valence-electron chi connectivity index (χ1n) is 5.47. The van der Waals surface area contributed by atoms with E-state index in [9.17, 15) is 0 Å². The third-order valence-electron chi connectivity index (χ3n) is 2.42. The highest BCUT2D eigenvalue weighted by Gasteiger charge is 2.03. The average molecular weight is 409 g/mol. The quantitative estimate of drug-likeness (QED) is 0.433. The molecule has 0 fully saturated rings.